The molecule has 1 aromatic carbocycles. The highest BCUT2D eigenvalue weighted by Gasteiger charge is 2.34. The Labute approximate surface area is 239 Å². The Hall–Kier alpha value is -2.77. The molecule has 2 fully saturated rings. The minimum absolute atomic E-state index is 0.0510. The van der Waals surface area contributed by atoms with Crippen molar-refractivity contribution in [2.24, 2.45) is 11.3 Å². The SMILES string of the molecule is C/C=C(\C=C(\C)C(C)=O)c1nc2cc(CNC(C(=O)OC3CCCC3)C(C)(C)C)ccc2n1CC1CCOCC1. The summed E-state index contributed by atoms with van der Waals surface area (Å²) in [6, 6.07) is 5.97. The van der Waals surface area contributed by atoms with E-state index in [-0.39, 0.29) is 23.3 Å². The number of fused-ring (bicyclic) bond motifs is 1. The zero-order valence-corrected chi connectivity index (χ0v) is 25.2. The number of carbonyl (C=O) groups excluding carboxylic acids is 2. The number of hydrogen-bond acceptors (Lipinski definition) is 6. The molecule has 40 heavy (non-hydrogen) atoms. The van der Waals surface area contributed by atoms with Gasteiger partial charge < -0.3 is 14.0 Å². The minimum atomic E-state index is -0.403. The topological polar surface area (TPSA) is 82.5 Å². The molecule has 1 aromatic heterocycles. The molecule has 1 unspecified atom stereocenters. The van der Waals surface area contributed by atoms with Gasteiger partial charge in [-0.3, -0.25) is 14.9 Å². The molecule has 2 aromatic rings. The predicted molar refractivity (Wildman–Crippen MR) is 160 cm³/mol. The Balaban J connectivity index is 1.61. The number of ether oxygens (including phenoxy) is 2. The standard InChI is InChI=1S/C33H47N3O4/c1-7-26(18-22(2)23(3)37)31-35-28-19-25(12-13-29(28)36(31)21-24-14-16-39-17-15-24)20-34-30(33(4,5)6)32(38)40-27-10-8-9-11-27/h7,12-13,18-19,24,27,30,34H,8-11,14-17,20-21H2,1-6H3/b22-18-,26-7+. The van der Waals surface area contributed by atoms with Gasteiger partial charge in [-0.25, -0.2) is 4.98 Å². The molecule has 218 valence electrons. The molecule has 1 N–H and O–H groups in total. The second-order valence-corrected chi connectivity index (χ2v) is 12.6. The molecule has 0 amide bonds. The molecule has 0 bridgehead atoms. The Morgan fingerprint density at radius 2 is 1.85 bits per heavy atom. The maximum atomic E-state index is 13.1. The molecule has 7 nitrogen and oxygen atoms in total. The third-order valence-electron chi connectivity index (χ3n) is 8.29. The first-order valence-electron chi connectivity index (χ1n) is 14.9. The van der Waals surface area contributed by atoms with Crippen LogP contribution in [0.1, 0.15) is 91.5 Å². The van der Waals surface area contributed by atoms with Crippen LogP contribution in [0.3, 0.4) is 0 Å². The lowest BCUT2D eigenvalue weighted by Gasteiger charge is -2.30. The van der Waals surface area contributed by atoms with Crippen molar-refractivity contribution in [3.63, 3.8) is 0 Å². The molecule has 7 heteroatoms. The lowest BCUT2D eigenvalue weighted by atomic mass is 9.86. The quantitative estimate of drug-likeness (QED) is 0.210. The third kappa shape index (κ3) is 7.49. The number of Topliss-reactive ketones (excluding diaryl/α,β-unsaturated/α-hetero) is 1. The first kappa shape index (κ1) is 30.2. The number of esters is 1. The predicted octanol–water partition coefficient (Wildman–Crippen LogP) is 6.39. The van der Waals surface area contributed by atoms with E-state index in [1.54, 1.807) is 6.92 Å². The van der Waals surface area contributed by atoms with E-state index in [0.29, 0.717) is 18.0 Å². The van der Waals surface area contributed by atoms with Crippen molar-refractivity contribution >= 4 is 28.4 Å². The van der Waals surface area contributed by atoms with Crippen molar-refractivity contribution in [1.29, 1.82) is 0 Å². The number of benzene rings is 1. The summed E-state index contributed by atoms with van der Waals surface area (Å²) in [5.74, 6) is 1.29. The number of allylic oxidation sites excluding steroid dienone is 4. The summed E-state index contributed by atoms with van der Waals surface area (Å²) in [4.78, 5) is 30.2. The monoisotopic (exact) mass is 549 g/mol. The fraction of sp³-hybridized carbons (Fsp3) is 0.606. The number of rotatable bonds is 10. The summed E-state index contributed by atoms with van der Waals surface area (Å²) in [6.45, 7) is 14.6. The lowest BCUT2D eigenvalue weighted by molar-refractivity contribution is -0.154. The molecule has 2 heterocycles. The second-order valence-electron chi connectivity index (χ2n) is 12.6. The normalized spacial score (nSPS) is 18.9. The molecular formula is C33H47N3O4. The maximum absolute atomic E-state index is 13.1. The van der Waals surface area contributed by atoms with Crippen LogP contribution in [0.5, 0.6) is 0 Å². The van der Waals surface area contributed by atoms with Crippen LogP contribution in [-0.2, 0) is 32.2 Å². The Morgan fingerprint density at radius 1 is 1.15 bits per heavy atom. The molecular weight excluding hydrogens is 502 g/mol. The van der Waals surface area contributed by atoms with E-state index in [9.17, 15) is 9.59 Å². The van der Waals surface area contributed by atoms with Gasteiger partial charge in [-0.2, -0.15) is 0 Å². The molecule has 1 aliphatic carbocycles. The van der Waals surface area contributed by atoms with Crippen LogP contribution in [0.4, 0.5) is 0 Å². The van der Waals surface area contributed by atoms with Gasteiger partial charge in [0.25, 0.3) is 0 Å². The lowest BCUT2D eigenvalue weighted by Crippen LogP contribution is -2.47. The number of aromatic nitrogens is 2. The van der Waals surface area contributed by atoms with E-state index < -0.39 is 6.04 Å². The summed E-state index contributed by atoms with van der Waals surface area (Å²) in [7, 11) is 0. The van der Waals surface area contributed by atoms with Crippen molar-refractivity contribution in [2.75, 3.05) is 13.2 Å². The van der Waals surface area contributed by atoms with Crippen LogP contribution in [0.2, 0.25) is 0 Å². The molecule has 1 saturated heterocycles. The van der Waals surface area contributed by atoms with Gasteiger partial charge in [0.15, 0.2) is 5.78 Å². The summed E-state index contributed by atoms with van der Waals surface area (Å²) < 4.78 is 13.8. The van der Waals surface area contributed by atoms with E-state index in [4.69, 9.17) is 14.5 Å². The van der Waals surface area contributed by atoms with E-state index in [1.807, 2.05) is 26.0 Å². The molecule has 2 aliphatic rings. The van der Waals surface area contributed by atoms with Crippen LogP contribution in [-0.4, -0.2) is 46.7 Å². The van der Waals surface area contributed by atoms with Crippen LogP contribution in [0.15, 0.2) is 35.9 Å². The van der Waals surface area contributed by atoms with Gasteiger partial charge in [0.1, 0.15) is 18.0 Å². The van der Waals surface area contributed by atoms with Crippen molar-refractivity contribution in [2.45, 2.75) is 105 Å². The highest BCUT2D eigenvalue weighted by molar-refractivity contribution is 5.96. The first-order valence-corrected chi connectivity index (χ1v) is 14.9. The van der Waals surface area contributed by atoms with Crippen molar-refractivity contribution < 1.29 is 19.1 Å². The number of ketones is 1. The van der Waals surface area contributed by atoms with E-state index in [0.717, 1.165) is 86.3 Å². The highest BCUT2D eigenvalue weighted by atomic mass is 16.5. The highest BCUT2D eigenvalue weighted by Crippen LogP contribution is 2.29. The van der Waals surface area contributed by atoms with E-state index in [1.165, 1.54) is 0 Å². The minimum Gasteiger partial charge on any atom is -0.461 e. The first-order chi connectivity index (χ1) is 19.1. The molecule has 4 rings (SSSR count). The second kappa shape index (κ2) is 13.3. The largest absolute Gasteiger partial charge is 0.461 e. The fourth-order valence-electron chi connectivity index (χ4n) is 5.69. The summed E-state index contributed by atoms with van der Waals surface area (Å²) in [5.41, 5.74) is 4.43. The molecule has 1 saturated carbocycles. The summed E-state index contributed by atoms with van der Waals surface area (Å²) in [6.07, 6.45) is 10.3. The van der Waals surface area contributed by atoms with Gasteiger partial charge in [0.2, 0.25) is 0 Å². The van der Waals surface area contributed by atoms with Crippen molar-refractivity contribution in [1.82, 2.24) is 14.9 Å². The third-order valence-corrected chi connectivity index (χ3v) is 8.29. The van der Waals surface area contributed by atoms with Gasteiger partial charge in [-0.15, -0.1) is 0 Å². The van der Waals surface area contributed by atoms with Crippen LogP contribution >= 0.6 is 0 Å². The molecule has 0 radical (unpaired) electrons. The summed E-state index contributed by atoms with van der Waals surface area (Å²) in [5, 5.41) is 3.49. The van der Waals surface area contributed by atoms with E-state index in [2.05, 4.69) is 48.9 Å². The Bertz CT molecular complexity index is 1250. The van der Waals surface area contributed by atoms with Gasteiger partial charge in [0, 0.05) is 31.9 Å². The van der Waals surface area contributed by atoms with Crippen molar-refractivity contribution in [3.05, 3.63) is 47.3 Å². The number of nitrogens with one attached hydrogen (secondary N) is 1. The number of imidazole rings is 1. The Morgan fingerprint density at radius 3 is 2.48 bits per heavy atom. The van der Waals surface area contributed by atoms with Gasteiger partial charge in [-0.05, 0) is 100.0 Å². The van der Waals surface area contributed by atoms with Crippen LogP contribution in [0, 0.1) is 11.3 Å². The van der Waals surface area contributed by atoms with E-state index >= 15 is 0 Å². The molecule has 0 spiro atoms. The van der Waals surface area contributed by atoms with Gasteiger partial charge in [0.05, 0.1) is 11.0 Å². The van der Waals surface area contributed by atoms with Crippen LogP contribution in [0.25, 0.3) is 16.6 Å². The summed E-state index contributed by atoms with van der Waals surface area (Å²) >= 11 is 0. The average molecular weight is 550 g/mol. The molecule has 1 aliphatic heterocycles. The van der Waals surface area contributed by atoms with Crippen molar-refractivity contribution in [3.8, 4) is 0 Å². The van der Waals surface area contributed by atoms with Crippen LogP contribution < -0.4 is 5.32 Å². The molecule has 1 atom stereocenters. The number of carbonyl (C=O) groups is 2. The maximum Gasteiger partial charge on any atom is 0.323 e. The fourth-order valence-corrected chi connectivity index (χ4v) is 5.69. The zero-order valence-electron chi connectivity index (χ0n) is 25.2. The average Bonchev–Trinajstić information content (AvgIpc) is 3.54. The Kier molecular flexibility index (Phi) is 10.0. The van der Waals surface area contributed by atoms with Gasteiger partial charge >= 0.3 is 5.97 Å². The zero-order chi connectivity index (χ0) is 28.9. The van der Waals surface area contributed by atoms with Gasteiger partial charge in [-0.1, -0.05) is 32.9 Å². The smallest absolute Gasteiger partial charge is 0.323 e. The number of hydrogen-bond donors (Lipinski definition) is 1. The number of nitrogens with zero attached hydrogens (tertiary/aromatic N) is 2.